The molecule has 1 aliphatic heterocycles. The van der Waals surface area contributed by atoms with Gasteiger partial charge in [0.1, 0.15) is 5.69 Å². The lowest BCUT2D eigenvalue weighted by Crippen LogP contribution is -2.49. The molecule has 0 bridgehead atoms. The molecule has 0 N–H and O–H groups in total. The lowest BCUT2D eigenvalue weighted by molar-refractivity contribution is -0.139. The van der Waals surface area contributed by atoms with Crippen molar-refractivity contribution in [1.82, 2.24) is 19.5 Å². The Balaban J connectivity index is 1.48. The first-order chi connectivity index (χ1) is 14.8. The van der Waals surface area contributed by atoms with Gasteiger partial charge in [-0.3, -0.25) is 4.98 Å². The number of sulfonamides is 1. The summed E-state index contributed by atoms with van der Waals surface area (Å²) in [5, 5.41) is 8.36. The Kier molecular flexibility index (Phi) is 5.63. The third-order valence-corrected chi connectivity index (χ3v) is 6.91. The predicted octanol–water partition coefficient (Wildman–Crippen LogP) is 3.07. The van der Waals surface area contributed by atoms with Crippen LogP contribution in [0.3, 0.4) is 0 Å². The molecular weight excluding hydrogens is 431 g/mol. The summed E-state index contributed by atoms with van der Waals surface area (Å²) in [6.07, 6.45) is -3.10. The summed E-state index contributed by atoms with van der Waals surface area (Å²) < 4.78 is 66.6. The minimum Gasteiger partial charge on any atom is -0.352 e. The maximum absolute atomic E-state index is 13.3. The molecule has 0 aliphatic carbocycles. The molecule has 2 aromatic heterocycles. The first kappa shape index (κ1) is 21.2. The van der Waals surface area contributed by atoms with Gasteiger partial charge in [-0.05, 0) is 36.4 Å². The van der Waals surface area contributed by atoms with E-state index in [9.17, 15) is 21.6 Å². The Labute approximate surface area is 177 Å². The average molecular weight is 449 g/mol. The van der Waals surface area contributed by atoms with Crippen LogP contribution < -0.4 is 4.90 Å². The molecule has 11 heteroatoms. The number of alkyl halides is 3. The van der Waals surface area contributed by atoms with Crippen LogP contribution in [-0.2, 0) is 16.2 Å². The molecule has 31 heavy (non-hydrogen) atoms. The van der Waals surface area contributed by atoms with E-state index in [0.29, 0.717) is 17.2 Å². The second-order valence-electron chi connectivity index (χ2n) is 6.88. The lowest BCUT2D eigenvalue weighted by Gasteiger charge is -2.34. The molecule has 0 saturated carbocycles. The van der Waals surface area contributed by atoms with Gasteiger partial charge < -0.3 is 4.90 Å². The van der Waals surface area contributed by atoms with Crippen LogP contribution in [0, 0.1) is 0 Å². The van der Waals surface area contributed by atoms with Crippen LogP contribution in [-0.4, -0.2) is 54.1 Å². The quantitative estimate of drug-likeness (QED) is 0.609. The SMILES string of the molecule is O=S(=O)(c1ccccc1C(F)(F)F)N1CCN(c2ccc(-c3ccccn3)nn2)CC1. The number of nitrogens with zero attached hydrogens (tertiary/aromatic N) is 5. The van der Waals surface area contributed by atoms with Gasteiger partial charge in [0, 0.05) is 32.4 Å². The molecule has 1 aliphatic rings. The molecule has 0 spiro atoms. The van der Waals surface area contributed by atoms with Gasteiger partial charge in [0.15, 0.2) is 5.82 Å². The fourth-order valence-corrected chi connectivity index (χ4v) is 5.00. The molecule has 3 heterocycles. The monoisotopic (exact) mass is 449 g/mol. The van der Waals surface area contributed by atoms with Crippen molar-refractivity contribution in [2.45, 2.75) is 11.1 Å². The smallest absolute Gasteiger partial charge is 0.352 e. The highest BCUT2D eigenvalue weighted by atomic mass is 32.2. The van der Waals surface area contributed by atoms with Crippen molar-refractivity contribution >= 4 is 15.8 Å². The van der Waals surface area contributed by atoms with E-state index in [2.05, 4.69) is 15.2 Å². The molecule has 1 fully saturated rings. The standard InChI is InChI=1S/C20H18F3N5O2S/c21-20(22,23)15-5-1-2-7-18(15)31(29,30)28-13-11-27(12-14-28)19-9-8-17(25-26-19)16-6-3-4-10-24-16/h1-10H,11-14H2. The summed E-state index contributed by atoms with van der Waals surface area (Å²) in [5.74, 6) is 0.562. The van der Waals surface area contributed by atoms with Gasteiger partial charge in [-0.1, -0.05) is 18.2 Å². The van der Waals surface area contributed by atoms with E-state index in [4.69, 9.17) is 0 Å². The Bertz CT molecular complexity index is 1150. The van der Waals surface area contributed by atoms with E-state index in [0.717, 1.165) is 16.4 Å². The molecule has 0 radical (unpaired) electrons. The van der Waals surface area contributed by atoms with Crippen molar-refractivity contribution in [3.63, 3.8) is 0 Å². The molecule has 1 saturated heterocycles. The fraction of sp³-hybridized carbons (Fsp3) is 0.250. The minimum atomic E-state index is -4.75. The molecule has 1 aromatic carbocycles. The molecule has 3 aromatic rings. The van der Waals surface area contributed by atoms with Crippen LogP contribution in [0.5, 0.6) is 0 Å². The van der Waals surface area contributed by atoms with Crippen LogP contribution >= 0.6 is 0 Å². The van der Waals surface area contributed by atoms with Crippen molar-refractivity contribution in [2.75, 3.05) is 31.1 Å². The first-order valence-corrected chi connectivity index (χ1v) is 10.9. The minimum absolute atomic E-state index is 0.0399. The van der Waals surface area contributed by atoms with Gasteiger partial charge in [0.25, 0.3) is 0 Å². The van der Waals surface area contributed by atoms with Gasteiger partial charge in [-0.25, -0.2) is 8.42 Å². The number of rotatable bonds is 4. The number of piperazine rings is 1. The second-order valence-corrected chi connectivity index (χ2v) is 8.78. The number of hydrogen-bond donors (Lipinski definition) is 0. The van der Waals surface area contributed by atoms with Gasteiger partial charge in [-0.15, -0.1) is 10.2 Å². The van der Waals surface area contributed by atoms with Gasteiger partial charge >= 0.3 is 6.18 Å². The van der Waals surface area contributed by atoms with Crippen molar-refractivity contribution in [2.24, 2.45) is 0 Å². The summed E-state index contributed by atoms with van der Waals surface area (Å²) in [6, 6.07) is 13.2. The number of hydrogen-bond acceptors (Lipinski definition) is 6. The summed E-state index contributed by atoms with van der Waals surface area (Å²) in [5.41, 5.74) is 0.128. The Morgan fingerprint density at radius 3 is 2.13 bits per heavy atom. The molecule has 0 unspecified atom stereocenters. The Morgan fingerprint density at radius 1 is 0.806 bits per heavy atom. The van der Waals surface area contributed by atoms with Gasteiger partial charge in [-0.2, -0.15) is 17.5 Å². The third kappa shape index (κ3) is 4.37. The van der Waals surface area contributed by atoms with Crippen LogP contribution in [0.25, 0.3) is 11.4 Å². The average Bonchev–Trinajstić information content (AvgIpc) is 2.79. The van der Waals surface area contributed by atoms with Crippen LogP contribution in [0.15, 0.2) is 65.7 Å². The van der Waals surface area contributed by atoms with Crippen molar-refractivity contribution < 1.29 is 21.6 Å². The molecule has 0 atom stereocenters. The Hall–Kier alpha value is -3.05. The number of anilines is 1. The van der Waals surface area contributed by atoms with E-state index in [-0.39, 0.29) is 26.2 Å². The maximum Gasteiger partial charge on any atom is 0.417 e. The summed E-state index contributed by atoms with van der Waals surface area (Å²) in [7, 11) is -4.28. The van der Waals surface area contributed by atoms with E-state index >= 15 is 0 Å². The summed E-state index contributed by atoms with van der Waals surface area (Å²) in [4.78, 5) is 5.33. The van der Waals surface area contributed by atoms with Crippen LogP contribution in [0.4, 0.5) is 19.0 Å². The lowest BCUT2D eigenvalue weighted by atomic mass is 10.2. The van der Waals surface area contributed by atoms with Gasteiger partial charge in [0.2, 0.25) is 10.0 Å². The zero-order chi connectivity index (χ0) is 22.1. The predicted molar refractivity (Wildman–Crippen MR) is 108 cm³/mol. The highest BCUT2D eigenvalue weighted by Gasteiger charge is 2.39. The molecule has 4 rings (SSSR count). The highest BCUT2D eigenvalue weighted by Crippen LogP contribution is 2.35. The van der Waals surface area contributed by atoms with Crippen molar-refractivity contribution in [1.29, 1.82) is 0 Å². The van der Waals surface area contributed by atoms with E-state index in [1.165, 1.54) is 12.1 Å². The number of aromatic nitrogens is 3. The highest BCUT2D eigenvalue weighted by molar-refractivity contribution is 7.89. The van der Waals surface area contributed by atoms with E-state index in [1.807, 2.05) is 17.0 Å². The first-order valence-electron chi connectivity index (χ1n) is 9.43. The number of benzene rings is 1. The fourth-order valence-electron chi connectivity index (χ4n) is 3.37. The largest absolute Gasteiger partial charge is 0.417 e. The van der Waals surface area contributed by atoms with E-state index in [1.54, 1.807) is 24.4 Å². The van der Waals surface area contributed by atoms with Crippen LogP contribution in [0.1, 0.15) is 5.56 Å². The molecule has 0 amide bonds. The molecular formula is C20H18F3N5O2S. The summed E-state index contributed by atoms with van der Waals surface area (Å²) >= 11 is 0. The van der Waals surface area contributed by atoms with Crippen molar-refractivity contribution in [3.05, 3.63) is 66.4 Å². The van der Waals surface area contributed by atoms with Gasteiger partial charge in [0.05, 0.1) is 16.2 Å². The third-order valence-electron chi connectivity index (χ3n) is 4.95. The maximum atomic E-state index is 13.3. The normalized spacial score (nSPS) is 15.8. The Morgan fingerprint density at radius 2 is 1.52 bits per heavy atom. The molecule has 162 valence electrons. The number of halogens is 3. The topological polar surface area (TPSA) is 79.3 Å². The van der Waals surface area contributed by atoms with E-state index < -0.39 is 26.7 Å². The second kappa shape index (κ2) is 8.23. The number of pyridine rings is 1. The van der Waals surface area contributed by atoms with Crippen molar-refractivity contribution in [3.8, 4) is 11.4 Å². The van der Waals surface area contributed by atoms with Crippen LogP contribution in [0.2, 0.25) is 0 Å². The zero-order valence-corrected chi connectivity index (χ0v) is 17.0. The zero-order valence-electron chi connectivity index (χ0n) is 16.2. The summed E-state index contributed by atoms with van der Waals surface area (Å²) in [6.45, 7) is 0.645. The molecule has 7 nitrogen and oxygen atoms in total.